The number of amides is 2. The molecule has 29 heavy (non-hydrogen) atoms. The lowest BCUT2D eigenvalue weighted by Crippen LogP contribution is -2.44. The Hall–Kier alpha value is -4.00. The summed E-state index contributed by atoms with van der Waals surface area (Å²) in [6.07, 6.45) is -0.0143. The largest absolute Gasteiger partial charge is 0.273 e. The summed E-state index contributed by atoms with van der Waals surface area (Å²) in [5.74, 6) is -1.36. The molecular formula is C22H19N3O4. The minimum absolute atomic E-state index is 0.0143. The summed E-state index contributed by atoms with van der Waals surface area (Å²) >= 11 is 0. The second kappa shape index (κ2) is 9.27. The SMILES string of the molecule is O=C(Cc1ccc([N+](=O)[O-])cc1)NNC(=O)C(c1ccccc1)c1ccccc1. The zero-order valence-corrected chi connectivity index (χ0v) is 15.4. The van der Waals surface area contributed by atoms with Crippen molar-refractivity contribution in [1.82, 2.24) is 10.9 Å². The number of nitrogens with one attached hydrogen (secondary N) is 2. The molecule has 0 saturated heterocycles. The predicted octanol–water partition coefficient (Wildman–Crippen LogP) is 3.12. The number of non-ortho nitro benzene ring substituents is 1. The predicted molar refractivity (Wildman–Crippen MR) is 108 cm³/mol. The van der Waals surface area contributed by atoms with Crippen LogP contribution in [0.1, 0.15) is 22.6 Å². The van der Waals surface area contributed by atoms with E-state index in [2.05, 4.69) is 10.9 Å². The zero-order valence-electron chi connectivity index (χ0n) is 15.4. The number of carbonyl (C=O) groups is 2. The smallest absolute Gasteiger partial charge is 0.269 e. The van der Waals surface area contributed by atoms with Crippen molar-refractivity contribution in [2.75, 3.05) is 0 Å². The molecule has 0 aromatic heterocycles. The molecular weight excluding hydrogens is 370 g/mol. The fraction of sp³-hybridized carbons (Fsp3) is 0.0909. The molecule has 0 aliphatic carbocycles. The minimum atomic E-state index is -0.572. The van der Waals surface area contributed by atoms with E-state index in [4.69, 9.17) is 0 Å². The number of nitrogens with zero attached hydrogens (tertiary/aromatic N) is 1. The van der Waals surface area contributed by atoms with Gasteiger partial charge in [0.2, 0.25) is 11.8 Å². The Balaban J connectivity index is 1.65. The van der Waals surface area contributed by atoms with Crippen LogP contribution in [0.3, 0.4) is 0 Å². The van der Waals surface area contributed by atoms with Crippen molar-refractivity contribution in [1.29, 1.82) is 0 Å². The maximum absolute atomic E-state index is 12.8. The monoisotopic (exact) mass is 389 g/mol. The summed E-state index contributed by atoms with van der Waals surface area (Å²) in [6.45, 7) is 0. The molecule has 2 amide bonds. The van der Waals surface area contributed by atoms with Crippen LogP contribution >= 0.6 is 0 Å². The third-order valence-corrected chi connectivity index (χ3v) is 4.36. The zero-order chi connectivity index (χ0) is 20.6. The highest BCUT2D eigenvalue weighted by Gasteiger charge is 2.22. The van der Waals surface area contributed by atoms with Gasteiger partial charge in [0, 0.05) is 12.1 Å². The highest BCUT2D eigenvalue weighted by molar-refractivity contribution is 5.89. The molecule has 3 aromatic carbocycles. The van der Waals surface area contributed by atoms with Gasteiger partial charge in [-0.05, 0) is 16.7 Å². The third-order valence-electron chi connectivity index (χ3n) is 4.36. The van der Waals surface area contributed by atoms with Gasteiger partial charge < -0.3 is 0 Å². The van der Waals surface area contributed by atoms with Crippen molar-refractivity contribution in [3.8, 4) is 0 Å². The lowest BCUT2D eigenvalue weighted by molar-refractivity contribution is -0.384. The average molecular weight is 389 g/mol. The molecule has 0 heterocycles. The normalized spacial score (nSPS) is 10.4. The second-order valence-corrected chi connectivity index (χ2v) is 6.39. The maximum atomic E-state index is 12.8. The fourth-order valence-corrected chi connectivity index (χ4v) is 2.95. The molecule has 0 atom stereocenters. The summed E-state index contributed by atoms with van der Waals surface area (Å²) in [5.41, 5.74) is 7.07. The lowest BCUT2D eigenvalue weighted by atomic mass is 9.91. The van der Waals surface area contributed by atoms with Crippen molar-refractivity contribution in [3.05, 3.63) is 112 Å². The molecule has 7 nitrogen and oxygen atoms in total. The van der Waals surface area contributed by atoms with Gasteiger partial charge in [0.25, 0.3) is 5.69 Å². The molecule has 0 radical (unpaired) electrons. The van der Waals surface area contributed by atoms with Crippen LogP contribution in [-0.2, 0) is 16.0 Å². The van der Waals surface area contributed by atoms with Crippen LogP contribution in [0.25, 0.3) is 0 Å². The third kappa shape index (κ3) is 5.26. The van der Waals surface area contributed by atoms with E-state index in [0.29, 0.717) is 5.56 Å². The number of hydrogen-bond donors (Lipinski definition) is 2. The molecule has 7 heteroatoms. The molecule has 0 saturated carbocycles. The van der Waals surface area contributed by atoms with E-state index >= 15 is 0 Å². The molecule has 3 rings (SSSR count). The number of nitro benzene ring substituents is 1. The lowest BCUT2D eigenvalue weighted by Gasteiger charge is -2.18. The number of nitro groups is 1. The Morgan fingerprint density at radius 2 is 1.31 bits per heavy atom. The van der Waals surface area contributed by atoms with Crippen molar-refractivity contribution >= 4 is 17.5 Å². The first-order chi connectivity index (χ1) is 14.0. The van der Waals surface area contributed by atoms with Crippen LogP contribution in [0.5, 0.6) is 0 Å². The van der Waals surface area contributed by atoms with Crippen molar-refractivity contribution in [2.24, 2.45) is 0 Å². The number of carbonyl (C=O) groups excluding carboxylic acids is 2. The van der Waals surface area contributed by atoms with E-state index < -0.39 is 16.7 Å². The van der Waals surface area contributed by atoms with E-state index in [9.17, 15) is 19.7 Å². The van der Waals surface area contributed by atoms with Gasteiger partial charge in [0.1, 0.15) is 0 Å². The Morgan fingerprint density at radius 3 is 1.79 bits per heavy atom. The van der Waals surface area contributed by atoms with Crippen molar-refractivity contribution in [3.63, 3.8) is 0 Å². The van der Waals surface area contributed by atoms with Crippen LogP contribution in [-0.4, -0.2) is 16.7 Å². The van der Waals surface area contributed by atoms with Crippen LogP contribution in [0, 0.1) is 10.1 Å². The molecule has 0 bridgehead atoms. The van der Waals surface area contributed by atoms with Gasteiger partial charge in [-0.1, -0.05) is 72.8 Å². The first kappa shape index (κ1) is 19.8. The molecule has 0 aliphatic rings. The Kier molecular flexibility index (Phi) is 6.32. The Morgan fingerprint density at radius 1 is 0.793 bits per heavy atom. The van der Waals surface area contributed by atoms with E-state index in [1.807, 2.05) is 60.7 Å². The van der Waals surface area contributed by atoms with E-state index in [0.717, 1.165) is 11.1 Å². The Bertz CT molecular complexity index is 950. The van der Waals surface area contributed by atoms with E-state index in [1.165, 1.54) is 24.3 Å². The van der Waals surface area contributed by atoms with Gasteiger partial charge in [0.15, 0.2) is 0 Å². The molecule has 3 aromatic rings. The van der Waals surface area contributed by atoms with Gasteiger partial charge in [-0.15, -0.1) is 0 Å². The topological polar surface area (TPSA) is 101 Å². The average Bonchev–Trinajstić information content (AvgIpc) is 2.74. The van der Waals surface area contributed by atoms with Gasteiger partial charge in [0.05, 0.1) is 17.3 Å². The van der Waals surface area contributed by atoms with Crippen LogP contribution in [0.15, 0.2) is 84.9 Å². The highest BCUT2D eigenvalue weighted by atomic mass is 16.6. The first-order valence-corrected chi connectivity index (χ1v) is 8.96. The number of hydrogen-bond acceptors (Lipinski definition) is 4. The van der Waals surface area contributed by atoms with E-state index in [-0.39, 0.29) is 18.0 Å². The first-order valence-electron chi connectivity index (χ1n) is 8.96. The molecule has 0 spiro atoms. The summed E-state index contributed by atoms with van der Waals surface area (Å²) in [5, 5.41) is 10.7. The highest BCUT2D eigenvalue weighted by Crippen LogP contribution is 2.24. The summed E-state index contributed by atoms with van der Waals surface area (Å²) in [7, 11) is 0. The Labute approximate surface area is 167 Å². The maximum Gasteiger partial charge on any atom is 0.269 e. The second-order valence-electron chi connectivity index (χ2n) is 6.39. The van der Waals surface area contributed by atoms with Gasteiger partial charge in [-0.25, -0.2) is 0 Å². The molecule has 2 N–H and O–H groups in total. The quantitative estimate of drug-likeness (QED) is 0.500. The van der Waals surface area contributed by atoms with Crippen LogP contribution in [0.4, 0.5) is 5.69 Å². The van der Waals surface area contributed by atoms with Gasteiger partial charge in [-0.2, -0.15) is 0 Å². The molecule has 0 fully saturated rings. The van der Waals surface area contributed by atoms with Crippen molar-refractivity contribution < 1.29 is 14.5 Å². The molecule has 0 unspecified atom stereocenters. The number of rotatable bonds is 6. The summed E-state index contributed by atoms with van der Waals surface area (Å²) in [6, 6.07) is 24.3. The van der Waals surface area contributed by atoms with E-state index in [1.54, 1.807) is 0 Å². The molecule has 0 aliphatic heterocycles. The van der Waals surface area contributed by atoms with Gasteiger partial charge in [-0.3, -0.25) is 30.6 Å². The van der Waals surface area contributed by atoms with Crippen molar-refractivity contribution in [2.45, 2.75) is 12.3 Å². The minimum Gasteiger partial charge on any atom is -0.273 e. The number of benzene rings is 3. The summed E-state index contributed by atoms with van der Waals surface area (Å²) < 4.78 is 0. The molecule has 146 valence electrons. The van der Waals surface area contributed by atoms with Gasteiger partial charge >= 0.3 is 0 Å². The fourth-order valence-electron chi connectivity index (χ4n) is 2.95. The summed E-state index contributed by atoms with van der Waals surface area (Å²) in [4.78, 5) is 35.2. The standard InChI is InChI=1S/C22H19N3O4/c26-20(15-16-11-13-19(14-12-16)25(28)29)23-24-22(27)21(17-7-3-1-4-8-17)18-9-5-2-6-10-18/h1-14,21H,15H2,(H,23,26)(H,24,27). The van der Waals surface area contributed by atoms with Crippen LogP contribution in [0.2, 0.25) is 0 Å². The van der Waals surface area contributed by atoms with Crippen LogP contribution < -0.4 is 10.9 Å². The number of hydrazine groups is 1.